The molecule has 2 aromatic rings. The normalized spacial score (nSPS) is 12.9. The van der Waals surface area contributed by atoms with E-state index in [1.54, 1.807) is 0 Å². The highest BCUT2D eigenvalue weighted by atomic mass is 79.9. The molecule has 0 fully saturated rings. The van der Waals surface area contributed by atoms with Gasteiger partial charge in [0.25, 0.3) is 0 Å². The molecule has 0 bridgehead atoms. The summed E-state index contributed by atoms with van der Waals surface area (Å²) in [5, 5.41) is 15.1. The third-order valence-corrected chi connectivity index (χ3v) is 4.83. The number of guanidine groups is 1. The maximum absolute atomic E-state index is 4.69. The molecule has 1 unspecified atom stereocenters. The lowest BCUT2D eigenvalue weighted by atomic mass is 10.1. The molecule has 0 aliphatic heterocycles. The van der Waals surface area contributed by atoms with Gasteiger partial charge in [0, 0.05) is 18.1 Å². The third-order valence-electron chi connectivity index (χ3n) is 4.11. The minimum Gasteiger partial charge on any atom is -0.356 e. The van der Waals surface area contributed by atoms with Gasteiger partial charge >= 0.3 is 0 Å². The van der Waals surface area contributed by atoms with Gasteiger partial charge in [-0.2, -0.15) is 0 Å². The molecular formula is C18H27BrN6. The van der Waals surface area contributed by atoms with Gasteiger partial charge in [0.1, 0.15) is 12.4 Å². The molecule has 0 amide bonds. The smallest absolute Gasteiger partial charge is 0.192 e. The highest BCUT2D eigenvalue weighted by molar-refractivity contribution is 9.10. The average molecular weight is 407 g/mol. The van der Waals surface area contributed by atoms with E-state index in [0.29, 0.717) is 6.54 Å². The van der Waals surface area contributed by atoms with E-state index in [2.05, 4.69) is 62.7 Å². The summed E-state index contributed by atoms with van der Waals surface area (Å²) in [7, 11) is 1.96. The van der Waals surface area contributed by atoms with Gasteiger partial charge in [0.2, 0.25) is 0 Å². The Labute approximate surface area is 158 Å². The van der Waals surface area contributed by atoms with Crippen LogP contribution in [0.25, 0.3) is 0 Å². The zero-order chi connectivity index (χ0) is 18.2. The van der Waals surface area contributed by atoms with Gasteiger partial charge < -0.3 is 15.2 Å². The lowest BCUT2D eigenvalue weighted by molar-refractivity contribution is 0.661. The Morgan fingerprint density at radius 3 is 2.72 bits per heavy atom. The molecule has 1 aromatic carbocycles. The zero-order valence-electron chi connectivity index (χ0n) is 15.4. The van der Waals surface area contributed by atoms with E-state index in [0.717, 1.165) is 41.5 Å². The third kappa shape index (κ3) is 5.56. The van der Waals surface area contributed by atoms with Crippen LogP contribution in [0.2, 0.25) is 0 Å². The molecule has 0 spiro atoms. The number of aromatic nitrogens is 3. The van der Waals surface area contributed by atoms with E-state index >= 15 is 0 Å². The highest BCUT2D eigenvalue weighted by Gasteiger charge is 2.11. The van der Waals surface area contributed by atoms with E-state index in [4.69, 9.17) is 4.99 Å². The van der Waals surface area contributed by atoms with Crippen molar-refractivity contribution in [2.24, 2.45) is 12.0 Å². The van der Waals surface area contributed by atoms with Gasteiger partial charge in [-0.3, -0.25) is 0 Å². The second-order valence-electron chi connectivity index (χ2n) is 6.06. The highest BCUT2D eigenvalue weighted by Crippen LogP contribution is 2.22. The Balaban J connectivity index is 2.10. The Kier molecular flexibility index (Phi) is 7.43. The number of unbranched alkanes of at least 4 members (excludes halogenated alkanes) is 1. The van der Waals surface area contributed by atoms with Crippen molar-refractivity contribution in [3.8, 4) is 0 Å². The van der Waals surface area contributed by atoms with Crippen LogP contribution < -0.4 is 10.6 Å². The van der Waals surface area contributed by atoms with Gasteiger partial charge in [-0.1, -0.05) is 47.5 Å². The van der Waals surface area contributed by atoms with Crippen LogP contribution in [0.1, 0.15) is 49.9 Å². The molecule has 2 N–H and O–H groups in total. The molecule has 0 radical (unpaired) electrons. The second kappa shape index (κ2) is 9.56. The Morgan fingerprint density at radius 1 is 1.32 bits per heavy atom. The van der Waals surface area contributed by atoms with Crippen LogP contribution in [0.3, 0.4) is 0 Å². The number of hydrogen-bond acceptors (Lipinski definition) is 3. The van der Waals surface area contributed by atoms with E-state index in [-0.39, 0.29) is 6.04 Å². The molecule has 7 heteroatoms. The second-order valence-corrected chi connectivity index (χ2v) is 6.91. The summed E-state index contributed by atoms with van der Waals surface area (Å²) < 4.78 is 3.05. The molecule has 0 aliphatic rings. The first-order chi connectivity index (χ1) is 12.0. The quantitative estimate of drug-likeness (QED) is 0.419. The molecule has 0 aliphatic carbocycles. The number of aliphatic imine (C=N–C) groups is 1. The van der Waals surface area contributed by atoms with Gasteiger partial charge in [0.05, 0.1) is 6.04 Å². The summed E-state index contributed by atoms with van der Waals surface area (Å²) in [5.41, 5.74) is 1.20. The van der Waals surface area contributed by atoms with E-state index in [1.807, 2.05) is 30.7 Å². The van der Waals surface area contributed by atoms with Gasteiger partial charge in [-0.15, -0.1) is 10.2 Å². The van der Waals surface area contributed by atoms with Crippen LogP contribution in [0.4, 0.5) is 0 Å². The average Bonchev–Trinajstić information content (AvgIpc) is 2.92. The fourth-order valence-electron chi connectivity index (χ4n) is 2.38. The van der Waals surface area contributed by atoms with E-state index in [9.17, 15) is 0 Å². The molecule has 1 aromatic heterocycles. The zero-order valence-corrected chi connectivity index (χ0v) is 17.0. The lowest BCUT2D eigenvalue weighted by Crippen LogP contribution is -2.39. The van der Waals surface area contributed by atoms with Gasteiger partial charge in [0.15, 0.2) is 11.8 Å². The standard InChI is InChI=1S/C18H27BrN6/c1-5-6-11-20-18(21-12-17-24-23-14(3)25(17)4)22-13(2)15-9-7-8-10-16(15)19/h7-10,13H,5-6,11-12H2,1-4H3,(H2,20,21,22). The van der Waals surface area contributed by atoms with Crippen molar-refractivity contribution in [2.45, 2.75) is 46.2 Å². The molecule has 2 rings (SSSR count). The van der Waals surface area contributed by atoms with Gasteiger partial charge in [-0.05, 0) is 31.9 Å². The maximum Gasteiger partial charge on any atom is 0.192 e. The Morgan fingerprint density at radius 2 is 2.08 bits per heavy atom. The van der Waals surface area contributed by atoms with Gasteiger partial charge in [-0.25, -0.2) is 4.99 Å². The van der Waals surface area contributed by atoms with Crippen molar-refractivity contribution in [1.29, 1.82) is 0 Å². The number of halogens is 1. The van der Waals surface area contributed by atoms with Crippen molar-refractivity contribution in [1.82, 2.24) is 25.4 Å². The number of hydrogen-bond donors (Lipinski definition) is 2. The number of nitrogens with zero attached hydrogens (tertiary/aromatic N) is 4. The SMILES string of the molecule is CCCCNC(=NCc1nnc(C)n1C)NC(C)c1ccccc1Br. The summed E-state index contributed by atoms with van der Waals surface area (Å²) in [6.07, 6.45) is 2.25. The summed E-state index contributed by atoms with van der Waals surface area (Å²) in [6, 6.07) is 8.35. The summed E-state index contributed by atoms with van der Waals surface area (Å²) in [5.74, 6) is 2.53. The molecule has 1 heterocycles. The van der Waals surface area contributed by atoms with Crippen LogP contribution in [0.15, 0.2) is 33.7 Å². The summed E-state index contributed by atoms with van der Waals surface area (Å²) in [4.78, 5) is 4.69. The number of benzene rings is 1. The largest absolute Gasteiger partial charge is 0.356 e. The van der Waals surface area contributed by atoms with Crippen LogP contribution in [0.5, 0.6) is 0 Å². The van der Waals surface area contributed by atoms with Crippen molar-refractivity contribution in [3.05, 3.63) is 46.0 Å². The molecule has 136 valence electrons. The predicted octanol–water partition coefficient (Wildman–Crippen LogP) is 3.48. The maximum atomic E-state index is 4.69. The molecule has 1 atom stereocenters. The van der Waals surface area contributed by atoms with Crippen LogP contribution in [-0.4, -0.2) is 27.3 Å². The first kappa shape index (κ1) is 19.4. The molecule has 6 nitrogen and oxygen atoms in total. The Bertz CT molecular complexity index is 709. The lowest BCUT2D eigenvalue weighted by Gasteiger charge is -2.19. The Hall–Kier alpha value is -1.89. The van der Waals surface area contributed by atoms with Crippen molar-refractivity contribution in [2.75, 3.05) is 6.54 Å². The van der Waals surface area contributed by atoms with Crippen LogP contribution >= 0.6 is 15.9 Å². The number of aryl methyl sites for hydroxylation is 1. The topological polar surface area (TPSA) is 67.1 Å². The summed E-state index contributed by atoms with van der Waals surface area (Å²) >= 11 is 3.62. The van der Waals surface area contributed by atoms with Crippen molar-refractivity contribution < 1.29 is 0 Å². The van der Waals surface area contributed by atoms with Crippen molar-refractivity contribution >= 4 is 21.9 Å². The minimum atomic E-state index is 0.129. The molecular weight excluding hydrogens is 380 g/mol. The van der Waals surface area contributed by atoms with Crippen LogP contribution in [0, 0.1) is 6.92 Å². The number of rotatable bonds is 7. The summed E-state index contributed by atoms with van der Waals surface area (Å²) in [6.45, 7) is 7.62. The van der Waals surface area contributed by atoms with E-state index < -0.39 is 0 Å². The van der Waals surface area contributed by atoms with Crippen LogP contribution in [-0.2, 0) is 13.6 Å². The molecule has 25 heavy (non-hydrogen) atoms. The first-order valence-electron chi connectivity index (χ1n) is 8.67. The first-order valence-corrected chi connectivity index (χ1v) is 9.46. The molecule has 0 saturated heterocycles. The molecule has 0 saturated carbocycles. The van der Waals surface area contributed by atoms with Crippen molar-refractivity contribution in [3.63, 3.8) is 0 Å². The number of nitrogens with one attached hydrogen (secondary N) is 2. The fraction of sp³-hybridized carbons (Fsp3) is 0.500. The van der Waals surface area contributed by atoms with E-state index in [1.165, 1.54) is 5.56 Å². The minimum absolute atomic E-state index is 0.129. The monoisotopic (exact) mass is 406 g/mol. The fourth-order valence-corrected chi connectivity index (χ4v) is 3.01. The predicted molar refractivity (Wildman–Crippen MR) is 105 cm³/mol.